The molecule has 7 heteroatoms. The minimum atomic E-state index is -1.55. The smallest absolute Gasteiger partial charge is 0.488 e. The van der Waals surface area contributed by atoms with E-state index in [0.717, 1.165) is 47.9 Å². The third-order valence-corrected chi connectivity index (χ3v) is 5.11. The van der Waals surface area contributed by atoms with E-state index in [1.54, 1.807) is 30.5 Å². The van der Waals surface area contributed by atoms with E-state index in [2.05, 4.69) is 4.98 Å². The van der Waals surface area contributed by atoms with Gasteiger partial charge in [-0.3, -0.25) is 4.98 Å². The van der Waals surface area contributed by atoms with Crippen LogP contribution in [0.25, 0.3) is 22.0 Å². The molecule has 1 aliphatic rings. The van der Waals surface area contributed by atoms with Crippen molar-refractivity contribution in [3.63, 3.8) is 0 Å². The lowest BCUT2D eigenvalue weighted by Crippen LogP contribution is -2.29. The molecule has 1 unspecified atom stereocenters. The Morgan fingerprint density at radius 3 is 2.86 bits per heavy atom. The molecule has 1 atom stereocenters. The molecule has 0 spiro atoms. The van der Waals surface area contributed by atoms with Gasteiger partial charge in [-0.15, -0.1) is 0 Å². The summed E-state index contributed by atoms with van der Waals surface area (Å²) in [5.41, 5.74) is 9.53. The van der Waals surface area contributed by atoms with E-state index in [1.807, 2.05) is 18.2 Å². The monoisotopic (exact) mass is 378 g/mol. The molecular weight excluding hydrogens is 355 g/mol. The van der Waals surface area contributed by atoms with Crippen molar-refractivity contribution in [2.75, 3.05) is 18.9 Å². The molecule has 4 rings (SSSR count). The quantitative estimate of drug-likeness (QED) is 0.569. The third-order valence-electron chi connectivity index (χ3n) is 5.11. The van der Waals surface area contributed by atoms with Gasteiger partial charge in [-0.05, 0) is 42.1 Å². The number of aromatic nitrogens is 1. The summed E-state index contributed by atoms with van der Waals surface area (Å²) < 4.78 is 11.7. The molecule has 1 aromatic heterocycles. The third kappa shape index (κ3) is 3.97. The van der Waals surface area contributed by atoms with E-state index < -0.39 is 7.12 Å². The number of anilines is 1. The number of pyridine rings is 1. The first-order valence-corrected chi connectivity index (χ1v) is 9.51. The Bertz CT molecular complexity index is 974. The number of nitrogen functional groups attached to an aromatic ring is 1. The van der Waals surface area contributed by atoms with Crippen LogP contribution in [0.15, 0.2) is 48.7 Å². The fourth-order valence-corrected chi connectivity index (χ4v) is 3.57. The van der Waals surface area contributed by atoms with Gasteiger partial charge in [0.15, 0.2) is 0 Å². The van der Waals surface area contributed by atoms with Gasteiger partial charge in [-0.1, -0.05) is 24.3 Å². The lowest BCUT2D eigenvalue weighted by molar-refractivity contribution is 0.0904. The second-order valence-electron chi connectivity index (χ2n) is 7.03. The van der Waals surface area contributed by atoms with Crippen molar-refractivity contribution < 1.29 is 19.5 Å². The number of hydrogen-bond acceptors (Lipinski definition) is 6. The molecule has 1 fully saturated rings. The van der Waals surface area contributed by atoms with Gasteiger partial charge >= 0.3 is 7.12 Å². The van der Waals surface area contributed by atoms with Gasteiger partial charge in [0.2, 0.25) is 0 Å². The lowest BCUT2D eigenvalue weighted by Gasteiger charge is -2.15. The van der Waals surface area contributed by atoms with Crippen LogP contribution >= 0.6 is 0 Å². The molecule has 1 saturated heterocycles. The van der Waals surface area contributed by atoms with E-state index in [9.17, 15) is 10.0 Å². The Labute approximate surface area is 164 Å². The van der Waals surface area contributed by atoms with Crippen molar-refractivity contribution in [1.82, 2.24) is 4.98 Å². The van der Waals surface area contributed by atoms with Crippen LogP contribution in [-0.4, -0.2) is 41.5 Å². The van der Waals surface area contributed by atoms with Gasteiger partial charge in [-0.2, -0.15) is 0 Å². The summed E-state index contributed by atoms with van der Waals surface area (Å²) >= 11 is 0. The van der Waals surface area contributed by atoms with Gasteiger partial charge < -0.3 is 25.3 Å². The molecule has 1 aliphatic heterocycles. The highest BCUT2D eigenvalue weighted by molar-refractivity contribution is 6.58. The SMILES string of the molecule is Nc1ccnc2cc(-c3cc(B(O)O)ccc3OCCC3CCCO3)ccc12. The Balaban J connectivity index is 1.65. The molecule has 0 saturated carbocycles. The van der Waals surface area contributed by atoms with Crippen molar-refractivity contribution >= 4 is 29.2 Å². The summed E-state index contributed by atoms with van der Waals surface area (Å²) in [6.07, 6.45) is 4.94. The Kier molecular flexibility index (Phi) is 5.48. The van der Waals surface area contributed by atoms with Crippen molar-refractivity contribution in [3.8, 4) is 16.9 Å². The maximum absolute atomic E-state index is 9.58. The van der Waals surface area contributed by atoms with E-state index in [4.69, 9.17) is 15.2 Å². The van der Waals surface area contributed by atoms with Crippen LogP contribution in [0.5, 0.6) is 5.75 Å². The summed E-state index contributed by atoms with van der Waals surface area (Å²) in [7, 11) is -1.55. The van der Waals surface area contributed by atoms with Crippen LogP contribution < -0.4 is 15.9 Å². The summed E-state index contributed by atoms with van der Waals surface area (Å²) in [6.45, 7) is 1.36. The largest absolute Gasteiger partial charge is 0.493 e. The zero-order valence-electron chi connectivity index (χ0n) is 15.5. The standard InChI is InChI=1S/C21H23BN2O4/c23-19-7-9-24-20-12-14(3-5-17(19)20)18-13-15(22(25)26)4-6-21(18)28-11-8-16-2-1-10-27-16/h3-7,9,12-13,16,25-26H,1-2,8,10-11H2,(H2,23,24). The van der Waals surface area contributed by atoms with Crippen molar-refractivity contribution in [2.45, 2.75) is 25.4 Å². The topological polar surface area (TPSA) is 97.8 Å². The van der Waals surface area contributed by atoms with Crippen LogP contribution in [0.3, 0.4) is 0 Å². The van der Waals surface area contributed by atoms with Gasteiger partial charge in [-0.25, -0.2) is 0 Å². The van der Waals surface area contributed by atoms with Crippen LogP contribution in [-0.2, 0) is 4.74 Å². The minimum absolute atomic E-state index is 0.259. The van der Waals surface area contributed by atoms with Crippen molar-refractivity contribution in [2.24, 2.45) is 0 Å². The molecule has 6 nitrogen and oxygen atoms in total. The molecule has 0 radical (unpaired) electrons. The van der Waals surface area contributed by atoms with Gasteiger partial charge in [0.1, 0.15) is 5.75 Å². The summed E-state index contributed by atoms with van der Waals surface area (Å²) in [5, 5.41) is 20.0. The average Bonchev–Trinajstić information content (AvgIpc) is 3.21. The maximum Gasteiger partial charge on any atom is 0.488 e. The number of nitrogens with two attached hydrogens (primary N) is 1. The fraction of sp³-hybridized carbons (Fsp3) is 0.286. The van der Waals surface area contributed by atoms with Crippen LogP contribution in [0.4, 0.5) is 5.69 Å². The molecule has 2 aromatic carbocycles. The van der Waals surface area contributed by atoms with E-state index in [-0.39, 0.29) is 6.10 Å². The Morgan fingerprint density at radius 1 is 1.18 bits per heavy atom. The predicted molar refractivity (Wildman–Crippen MR) is 111 cm³/mol. The molecular formula is C21H23BN2O4. The van der Waals surface area contributed by atoms with E-state index >= 15 is 0 Å². The normalized spacial score (nSPS) is 16.4. The first-order chi connectivity index (χ1) is 13.6. The van der Waals surface area contributed by atoms with Crippen molar-refractivity contribution in [1.29, 1.82) is 0 Å². The average molecular weight is 378 g/mol. The second kappa shape index (κ2) is 8.18. The lowest BCUT2D eigenvalue weighted by atomic mass is 9.79. The van der Waals surface area contributed by atoms with E-state index in [1.165, 1.54) is 0 Å². The molecule has 0 bridgehead atoms. The summed E-state index contributed by atoms with van der Waals surface area (Å²) in [6, 6.07) is 12.7. The van der Waals surface area contributed by atoms with Gasteiger partial charge in [0, 0.05) is 35.9 Å². The second-order valence-corrected chi connectivity index (χ2v) is 7.03. The van der Waals surface area contributed by atoms with Crippen LogP contribution in [0, 0.1) is 0 Å². The zero-order valence-corrected chi connectivity index (χ0v) is 15.5. The molecule has 3 aromatic rings. The number of hydrogen-bond donors (Lipinski definition) is 3. The zero-order chi connectivity index (χ0) is 19.5. The number of rotatable bonds is 6. The molecule has 0 aliphatic carbocycles. The van der Waals surface area contributed by atoms with E-state index in [0.29, 0.717) is 23.5 Å². The van der Waals surface area contributed by atoms with Crippen LogP contribution in [0.2, 0.25) is 0 Å². The molecule has 2 heterocycles. The number of fused-ring (bicyclic) bond motifs is 1. The predicted octanol–water partition coefficient (Wildman–Crippen LogP) is 2.11. The van der Waals surface area contributed by atoms with Gasteiger partial charge in [0.25, 0.3) is 0 Å². The van der Waals surface area contributed by atoms with Gasteiger partial charge in [0.05, 0.1) is 18.2 Å². The highest BCUT2D eigenvalue weighted by Gasteiger charge is 2.18. The molecule has 28 heavy (non-hydrogen) atoms. The number of nitrogens with zero attached hydrogens (tertiary/aromatic N) is 1. The fourth-order valence-electron chi connectivity index (χ4n) is 3.57. The molecule has 144 valence electrons. The Hall–Kier alpha value is -2.61. The first kappa shape index (κ1) is 18.7. The number of ether oxygens (including phenoxy) is 2. The molecule has 4 N–H and O–H groups in total. The highest BCUT2D eigenvalue weighted by Crippen LogP contribution is 2.32. The minimum Gasteiger partial charge on any atom is -0.493 e. The summed E-state index contributed by atoms with van der Waals surface area (Å²) in [4.78, 5) is 4.39. The Morgan fingerprint density at radius 2 is 2.07 bits per heavy atom. The maximum atomic E-state index is 9.58. The number of benzene rings is 2. The van der Waals surface area contributed by atoms with Crippen LogP contribution in [0.1, 0.15) is 19.3 Å². The van der Waals surface area contributed by atoms with Crippen molar-refractivity contribution in [3.05, 3.63) is 48.7 Å². The highest BCUT2D eigenvalue weighted by atomic mass is 16.5. The first-order valence-electron chi connectivity index (χ1n) is 9.51. The molecule has 0 amide bonds. The summed E-state index contributed by atoms with van der Waals surface area (Å²) in [5.74, 6) is 0.686.